The molecule has 0 atom stereocenters. The molecule has 8 heteroatoms. The van der Waals surface area contributed by atoms with Crippen LogP contribution in [0.25, 0.3) is 0 Å². The Morgan fingerprint density at radius 1 is 1.00 bits per heavy atom. The first kappa shape index (κ1) is 25.1. The highest BCUT2D eigenvalue weighted by molar-refractivity contribution is 7.89. The van der Waals surface area contributed by atoms with Gasteiger partial charge in [-0.1, -0.05) is 60.2 Å². The Kier molecular flexibility index (Phi) is 8.20. The van der Waals surface area contributed by atoms with Crippen molar-refractivity contribution in [1.29, 1.82) is 0 Å². The third-order valence-electron chi connectivity index (χ3n) is 5.29. The van der Waals surface area contributed by atoms with E-state index >= 15 is 0 Å². The van der Waals surface area contributed by atoms with Crippen LogP contribution in [0.2, 0.25) is 0 Å². The third-order valence-corrected chi connectivity index (χ3v) is 7.44. The van der Waals surface area contributed by atoms with E-state index in [2.05, 4.69) is 10.5 Å². The number of aryl methyl sites for hydroxylation is 3. The van der Waals surface area contributed by atoms with Crippen molar-refractivity contribution in [2.75, 3.05) is 13.1 Å². The van der Waals surface area contributed by atoms with Crippen molar-refractivity contribution in [1.82, 2.24) is 9.73 Å². The van der Waals surface area contributed by atoms with Crippen LogP contribution in [0.1, 0.15) is 27.8 Å². The molecular weight excluding hydrogens is 450 g/mol. The number of benzene rings is 3. The van der Waals surface area contributed by atoms with Crippen LogP contribution in [0.5, 0.6) is 5.75 Å². The van der Waals surface area contributed by atoms with Gasteiger partial charge in [-0.25, -0.2) is 13.8 Å². The second-order valence-electron chi connectivity index (χ2n) is 8.19. The highest BCUT2D eigenvalue weighted by Crippen LogP contribution is 2.25. The van der Waals surface area contributed by atoms with Gasteiger partial charge >= 0.3 is 0 Å². The Bertz CT molecular complexity index is 1270. The molecule has 3 rings (SSSR count). The minimum atomic E-state index is -3.94. The second kappa shape index (κ2) is 11.1. The number of hydrazone groups is 1. The number of sulfonamides is 1. The summed E-state index contributed by atoms with van der Waals surface area (Å²) in [6.45, 7) is 5.22. The van der Waals surface area contributed by atoms with Crippen molar-refractivity contribution in [3.05, 3.63) is 94.5 Å². The lowest BCUT2D eigenvalue weighted by Gasteiger charge is -2.24. The summed E-state index contributed by atoms with van der Waals surface area (Å²) in [6, 6.07) is 19.6. The molecule has 0 aromatic heterocycles. The highest BCUT2D eigenvalue weighted by atomic mass is 32.2. The topological polar surface area (TPSA) is 99.1 Å². The fraction of sp³-hybridized carbons (Fsp3) is 0.231. The molecule has 2 N–H and O–H groups in total. The van der Waals surface area contributed by atoms with Gasteiger partial charge in [-0.15, -0.1) is 0 Å². The molecule has 34 heavy (non-hydrogen) atoms. The molecule has 0 fully saturated rings. The van der Waals surface area contributed by atoms with Crippen LogP contribution < -0.4 is 5.43 Å². The zero-order valence-electron chi connectivity index (χ0n) is 19.5. The van der Waals surface area contributed by atoms with E-state index in [9.17, 15) is 18.3 Å². The SMILES string of the molecule is Cc1cc(C)c(S(=O)(=O)N(CCc2ccccc2)CC(=O)NN=Cc2cccc(O)c2)c(C)c1. The van der Waals surface area contributed by atoms with Gasteiger partial charge in [0.1, 0.15) is 5.75 Å². The summed E-state index contributed by atoms with van der Waals surface area (Å²) in [6.07, 6.45) is 1.85. The van der Waals surface area contributed by atoms with Gasteiger partial charge in [-0.05, 0) is 61.6 Å². The van der Waals surface area contributed by atoms with E-state index in [0.717, 1.165) is 11.1 Å². The van der Waals surface area contributed by atoms with Crippen molar-refractivity contribution in [3.8, 4) is 5.75 Å². The summed E-state index contributed by atoms with van der Waals surface area (Å²) in [5.41, 5.74) is 6.22. The number of nitrogens with zero attached hydrogens (tertiary/aromatic N) is 2. The van der Waals surface area contributed by atoms with Crippen LogP contribution in [0.4, 0.5) is 0 Å². The van der Waals surface area contributed by atoms with Crippen LogP contribution in [-0.4, -0.2) is 43.0 Å². The van der Waals surface area contributed by atoms with Crippen molar-refractivity contribution in [2.24, 2.45) is 5.10 Å². The molecule has 0 saturated heterocycles. The molecule has 178 valence electrons. The summed E-state index contributed by atoms with van der Waals surface area (Å²) in [5.74, 6) is -0.479. The van der Waals surface area contributed by atoms with Gasteiger partial charge in [0.15, 0.2) is 0 Å². The fourth-order valence-electron chi connectivity index (χ4n) is 3.86. The van der Waals surface area contributed by atoms with Crippen LogP contribution in [0.3, 0.4) is 0 Å². The molecule has 0 heterocycles. The zero-order chi connectivity index (χ0) is 24.7. The minimum Gasteiger partial charge on any atom is -0.508 e. The number of carbonyl (C=O) groups excluding carboxylic acids is 1. The summed E-state index contributed by atoms with van der Waals surface area (Å²) in [4.78, 5) is 12.9. The molecule has 0 radical (unpaired) electrons. The van der Waals surface area contributed by atoms with E-state index in [1.807, 2.05) is 49.4 Å². The Morgan fingerprint density at radius 2 is 1.68 bits per heavy atom. The Hall–Kier alpha value is -3.49. The maximum Gasteiger partial charge on any atom is 0.255 e. The normalized spacial score (nSPS) is 11.8. The van der Waals surface area contributed by atoms with Crippen LogP contribution in [0, 0.1) is 20.8 Å². The number of rotatable bonds is 9. The monoisotopic (exact) mass is 479 g/mol. The van der Waals surface area contributed by atoms with Gasteiger partial charge < -0.3 is 5.11 Å². The second-order valence-corrected chi connectivity index (χ2v) is 10.1. The number of phenols is 1. The molecule has 0 aliphatic heterocycles. The number of hydrogen-bond acceptors (Lipinski definition) is 5. The summed E-state index contributed by atoms with van der Waals surface area (Å²) in [5, 5.41) is 13.4. The molecule has 0 spiro atoms. The Balaban J connectivity index is 1.82. The zero-order valence-corrected chi connectivity index (χ0v) is 20.3. The van der Waals surface area contributed by atoms with E-state index < -0.39 is 15.9 Å². The van der Waals surface area contributed by atoms with Crippen molar-refractivity contribution in [2.45, 2.75) is 32.1 Å². The average Bonchev–Trinajstić information content (AvgIpc) is 2.76. The first-order valence-corrected chi connectivity index (χ1v) is 12.3. The standard InChI is InChI=1S/C26H29N3O4S/c1-19-14-20(2)26(21(3)15-19)34(32,33)29(13-12-22-8-5-4-6-9-22)18-25(31)28-27-17-23-10-7-11-24(30)16-23/h4-11,14-17,30H,12-13,18H2,1-3H3,(H,28,31). The minimum absolute atomic E-state index is 0.0808. The van der Waals surface area contributed by atoms with Gasteiger partial charge in [-0.3, -0.25) is 4.79 Å². The first-order valence-electron chi connectivity index (χ1n) is 10.9. The van der Waals surface area contributed by atoms with Gasteiger partial charge in [0.05, 0.1) is 17.7 Å². The van der Waals surface area contributed by atoms with Crippen LogP contribution >= 0.6 is 0 Å². The third kappa shape index (κ3) is 6.52. The van der Waals surface area contributed by atoms with Gasteiger partial charge in [0.2, 0.25) is 10.0 Å². The number of aromatic hydroxyl groups is 1. The van der Waals surface area contributed by atoms with E-state index in [1.54, 1.807) is 26.0 Å². The molecule has 0 saturated carbocycles. The highest BCUT2D eigenvalue weighted by Gasteiger charge is 2.29. The van der Waals surface area contributed by atoms with Gasteiger partial charge in [0, 0.05) is 6.54 Å². The van der Waals surface area contributed by atoms with Gasteiger partial charge in [0.25, 0.3) is 5.91 Å². The largest absolute Gasteiger partial charge is 0.508 e. The number of hydrogen-bond donors (Lipinski definition) is 2. The Morgan fingerprint density at radius 3 is 2.32 bits per heavy atom. The molecule has 3 aromatic rings. The van der Waals surface area contributed by atoms with E-state index in [1.165, 1.54) is 22.7 Å². The number of carbonyl (C=O) groups is 1. The van der Waals surface area contributed by atoms with Crippen LogP contribution in [-0.2, 0) is 21.2 Å². The van der Waals surface area contributed by atoms with Crippen molar-refractivity contribution in [3.63, 3.8) is 0 Å². The maximum absolute atomic E-state index is 13.7. The van der Waals surface area contributed by atoms with E-state index in [-0.39, 0.29) is 23.7 Å². The molecule has 7 nitrogen and oxygen atoms in total. The molecule has 1 amide bonds. The van der Waals surface area contributed by atoms with Gasteiger partial charge in [-0.2, -0.15) is 9.41 Å². The molecule has 0 aliphatic rings. The maximum atomic E-state index is 13.7. The smallest absolute Gasteiger partial charge is 0.255 e. The predicted molar refractivity (Wildman–Crippen MR) is 133 cm³/mol. The molecule has 0 unspecified atom stereocenters. The summed E-state index contributed by atoms with van der Waals surface area (Å²) < 4.78 is 28.5. The first-order chi connectivity index (χ1) is 16.2. The summed E-state index contributed by atoms with van der Waals surface area (Å²) >= 11 is 0. The molecule has 0 aliphatic carbocycles. The number of phenolic OH excluding ortho intramolecular Hbond substituents is 1. The van der Waals surface area contributed by atoms with Crippen molar-refractivity contribution < 1.29 is 18.3 Å². The lowest BCUT2D eigenvalue weighted by molar-refractivity contribution is -0.121. The molecule has 0 bridgehead atoms. The lowest BCUT2D eigenvalue weighted by Crippen LogP contribution is -2.41. The van der Waals surface area contributed by atoms with E-state index in [0.29, 0.717) is 23.1 Å². The van der Waals surface area contributed by atoms with E-state index in [4.69, 9.17) is 0 Å². The van der Waals surface area contributed by atoms with Crippen molar-refractivity contribution >= 4 is 22.1 Å². The number of nitrogens with one attached hydrogen (secondary N) is 1. The predicted octanol–water partition coefficient (Wildman–Crippen LogP) is 3.70. The van der Waals surface area contributed by atoms with Crippen LogP contribution in [0.15, 0.2) is 76.7 Å². The lowest BCUT2D eigenvalue weighted by atomic mass is 10.1. The molecular formula is C26H29N3O4S. The summed E-state index contributed by atoms with van der Waals surface area (Å²) in [7, 11) is -3.94. The fourth-order valence-corrected chi connectivity index (χ4v) is 5.67. The molecule has 3 aromatic carbocycles. The average molecular weight is 480 g/mol. The Labute approximate surface area is 200 Å². The quantitative estimate of drug-likeness (QED) is 0.361. The number of amides is 1.